The zero-order valence-corrected chi connectivity index (χ0v) is 18.7. The molecule has 0 spiro atoms. The summed E-state index contributed by atoms with van der Waals surface area (Å²) in [7, 11) is 0. The van der Waals surface area contributed by atoms with Crippen LogP contribution in [0.15, 0.2) is 76.1 Å². The van der Waals surface area contributed by atoms with Gasteiger partial charge in [-0.15, -0.1) is 0 Å². The molecule has 6 nitrogen and oxygen atoms in total. The molecule has 0 aliphatic heterocycles. The zero-order chi connectivity index (χ0) is 22.2. The van der Waals surface area contributed by atoms with E-state index in [-0.39, 0.29) is 11.1 Å². The Morgan fingerprint density at radius 2 is 1.74 bits per heavy atom. The molecule has 7 heteroatoms. The van der Waals surface area contributed by atoms with E-state index in [9.17, 15) is 14.4 Å². The Morgan fingerprint density at radius 3 is 2.42 bits per heavy atom. The second-order valence-corrected chi connectivity index (χ2v) is 7.92. The van der Waals surface area contributed by atoms with Crippen LogP contribution < -0.4 is 10.9 Å². The maximum absolute atomic E-state index is 12.8. The summed E-state index contributed by atoms with van der Waals surface area (Å²) in [5.74, 6) is -0.904. The van der Waals surface area contributed by atoms with Crippen molar-refractivity contribution in [3.63, 3.8) is 0 Å². The maximum atomic E-state index is 12.8. The van der Waals surface area contributed by atoms with Crippen molar-refractivity contribution in [1.29, 1.82) is 0 Å². The fourth-order valence-electron chi connectivity index (χ4n) is 2.90. The van der Waals surface area contributed by atoms with Crippen LogP contribution in [0.2, 0.25) is 0 Å². The molecule has 0 fully saturated rings. The van der Waals surface area contributed by atoms with Crippen molar-refractivity contribution in [1.82, 2.24) is 4.57 Å². The molecule has 3 rings (SSSR count). The number of carbonyl (C=O) groups excluding carboxylic acids is 2. The highest BCUT2D eigenvalue weighted by molar-refractivity contribution is 9.10. The molecule has 0 saturated heterocycles. The molecule has 0 unspecified atom stereocenters. The highest BCUT2D eigenvalue weighted by Gasteiger charge is 2.13. The summed E-state index contributed by atoms with van der Waals surface area (Å²) in [6.45, 7) is 2.77. The normalized spacial score (nSPS) is 10.5. The molecule has 0 saturated carbocycles. The summed E-state index contributed by atoms with van der Waals surface area (Å²) in [6.07, 6.45) is 3.42. The minimum atomic E-state index is -0.506. The van der Waals surface area contributed by atoms with Gasteiger partial charge in [0.05, 0.1) is 18.7 Å². The molecule has 0 aliphatic carbocycles. The van der Waals surface area contributed by atoms with Crippen LogP contribution in [0.5, 0.6) is 0 Å². The fraction of sp³-hybridized carbons (Fsp3) is 0.208. The molecule has 1 amide bonds. The van der Waals surface area contributed by atoms with E-state index in [1.165, 1.54) is 10.6 Å². The number of amides is 1. The molecular weight excluding hydrogens is 460 g/mol. The monoisotopic (exact) mass is 482 g/mol. The average molecular weight is 483 g/mol. The number of hydrogen-bond acceptors (Lipinski definition) is 4. The Balaban J connectivity index is 1.68. The highest BCUT2D eigenvalue weighted by atomic mass is 79.9. The first kappa shape index (κ1) is 22.5. The molecule has 0 bridgehead atoms. The van der Waals surface area contributed by atoms with E-state index in [1.807, 2.05) is 31.2 Å². The van der Waals surface area contributed by atoms with Crippen LogP contribution in [0.1, 0.15) is 46.0 Å². The number of nitrogens with one attached hydrogen (secondary N) is 1. The molecule has 1 aromatic heterocycles. The number of benzene rings is 2. The van der Waals surface area contributed by atoms with Gasteiger partial charge < -0.3 is 14.6 Å². The van der Waals surface area contributed by atoms with E-state index in [1.54, 1.807) is 36.5 Å². The van der Waals surface area contributed by atoms with Gasteiger partial charge in [-0.05, 0) is 60.5 Å². The summed E-state index contributed by atoms with van der Waals surface area (Å²) >= 11 is 3.39. The van der Waals surface area contributed by atoms with E-state index in [0.29, 0.717) is 24.4 Å². The van der Waals surface area contributed by atoms with Crippen molar-refractivity contribution in [2.45, 2.75) is 26.3 Å². The second-order valence-electron chi connectivity index (χ2n) is 7.00. The van der Waals surface area contributed by atoms with Crippen molar-refractivity contribution in [2.75, 3.05) is 11.9 Å². The minimum Gasteiger partial charge on any atom is -0.462 e. The lowest BCUT2D eigenvalue weighted by molar-refractivity contribution is 0.0499. The summed E-state index contributed by atoms with van der Waals surface area (Å²) < 4.78 is 7.62. The van der Waals surface area contributed by atoms with Crippen molar-refractivity contribution in [3.05, 3.63) is 98.4 Å². The smallest absolute Gasteiger partial charge is 0.338 e. The standard InChI is InChI=1S/C24H23BrN2O4/c1-2-3-15-31-24(30)18-8-12-20(13-9-18)26-22(28)21-5-4-14-27(23(21)29)16-17-6-10-19(25)11-7-17/h4-14H,2-3,15-16H2,1H3,(H,26,28). The van der Waals surface area contributed by atoms with Gasteiger partial charge in [-0.2, -0.15) is 0 Å². The summed E-state index contributed by atoms with van der Waals surface area (Å²) in [5, 5.41) is 2.71. The van der Waals surface area contributed by atoms with Gasteiger partial charge in [0.1, 0.15) is 5.56 Å². The van der Waals surface area contributed by atoms with E-state index in [2.05, 4.69) is 21.2 Å². The Labute approximate surface area is 189 Å². The number of rotatable bonds is 8. The predicted octanol–water partition coefficient (Wildman–Crippen LogP) is 4.87. The van der Waals surface area contributed by atoms with E-state index in [0.717, 1.165) is 22.9 Å². The third-order valence-electron chi connectivity index (χ3n) is 4.64. The van der Waals surface area contributed by atoms with Gasteiger partial charge in [-0.3, -0.25) is 9.59 Å². The molecule has 160 valence electrons. The number of nitrogens with zero attached hydrogens (tertiary/aromatic N) is 1. The highest BCUT2D eigenvalue weighted by Crippen LogP contribution is 2.13. The van der Waals surface area contributed by atoms with Crippen molar-refractivity contribution in [2.24, 2.45) is 0 Å². The lowest BCUT2D eigenvalue weighted by Gasteiger charge is -2.10. The molecule has 0 aliphatic rings. The first-order valence-electron chi connectivity index (χ1n) is 10.0. The Morgan fingerprint density at radius 1 is 1.03 bits per heavy atom. The fourth-order valence-corrected chi connectivity index (χ4v) is 3.17. The number of unbranched alkanes of at least 4 members (excludes halogenated alkanes) is 1. The lowest BCUT2D eigenvalue weighted by Crippen LogP contribution is -2.29. The molecule has 1 heterocycles. The third-order valence-corrected chi connectivity index (χ3v) is 5.17. The van der Waals surface area contributed by atoms with Crippen LogP contribution in [-0.4, -0.2) is 23.1 Å². The molecule has 0 radical (unpaired) electrons. The molecular formula is C24H23BrN2O4. The summed E-state index contributed by atoms with van der Waals surface area (Å²) in [4.78, 5) is 37.4. The van der Waals surface area contributed by atoms with Crippen LogP contribution in [0.25, 0.3) is 0 Å². The second kappa shape index (κ2) is 10.7. The number of halogens is 1. The van der Waals surface area contributed by atoms with Crippen LogP contribution >= 0.6 is 15.9 Å². The van der Waals surface area contributed by atoms with Gasteiger partial charge >= 0.3 is 5.97 Å². The van der Waals surface area contributed by atoms with Crippen LogP contribution in [0.4, 0.5) is 5.69 Å². The number of anilines is 1. The topological polar surface area (TPSA) is 77.4 Å². The first-order valence-corrected chi connectivity index (χ1v) is 10.8. The van der Waals surface area contributed by atoms with Crippen LogP contribution in [0.3, 0.4) is 0 Å². The van der Waals surface area contributed by atoms with E-state index < -0.39 is 11.9 Å². The van der Waals surface area contributed by atoms with E-state index >= 15 is 0 Å². The van der Waals surface area contributed by atoms with Crippen LogP contribution in [0, 0.1) is 0 Å². The number of carbonyl (C=O) groups is 2. The van der Waals surface area contributed by atoms with Crippen molar-refractivity contribution >= 4 is 33.5 Å². The van der Waals surface area contributed by atoms with Gasteiger partial charge in [0.25, 0.3) is 11.5 Å². The Hall–Kier alpha value is -3.19. The van der Waals surface area contributed by atoms with Gasteiger partial charge in [-0.1, -0.05) is 41.4 Å². The van der Waals surface area contributed by atoms with E-state index in [4.69, 9.17) is 4.74 Å². The molecule has 0 atom stereocenters. The third kappa shape index (κ3) is 6.15. The van der Waals surface area contributed by atoms with Gasteiger partial charge in [0, 0.05) is 16.4 Å². The average Bonchev–Trinajstić information content (AvgIpc) is 2.77. The number of hydrogen-bond donors (Lipinski definition) is 1. The SMILES string of the molecule is CCCCOC(=O)c1ccc(NC(=O)c2cccn(Cc3ccc(Br)cc3)c2=O)cc1. The Kier molecular flexibility index (Phi) is 7.78. The van der Waals surface area contributed by atoms with Crippen LogP contribution in [-0.2, 0) is 11.3 Å². The molecule has 31 heavy (non-hydrogen) atoms. The number of esters is 1. The van der Waals surface area contributed by atoms with Gasteiger partial charge in [0.2, 0.25) is 0 Å². The van der Waals surface area contributed by atoms with Crippen molar-refractivity contribution in [3.8, 4) is 0 Å². The molecule has 1 N–H and O–H groups in total. The first-order chi connectivity index (χ1) is 15.0. The molecule has 3 aromatic rings. The quantitative estimate of drug-likeness (QED) is 0.367. The largest absolute Gasteiger partial charge is 0.462 e. The van der Waals surface area contributed by atoms with Gasteiger partial charge in [-0.25, -0.2) is 4.79 Å². The number of ether oxygens (including phenoxy) is 1. The molecule has 2 aromatic carbocycles. The maximum Gasteiger partial charge on any atom is 0.338 e. The number of pyridine rings is 1. The summed E-state index contributed by atoms with van der Waals surface area (Å²) in [6, 6.07) is 17.2. The number of aromatic nitrogens is 1. The lowest BCUT2D eigenvalue weighted by atomic mass is 10.2. The predicted molar refractivity (Wildman–Crippen MR) is 124 cm³/mol. The Bertz CT molecular complexity index is 1110. The van der Waals surface area contributed by atoms with Gasteiger partial charge in [0.15, 0.2) is 0 Å². The van der Waals surface area contributed by atoms with Crippen molar-refractivity contribution < 1.29 is 14.3 Å². The minimum absolute atomic E-state index is 0.0441. The zero-order valence-electron chi connectivity index (χ0n) is 17.1. The summed E-state index contributed by atoms with van der Waals surface area (Å²) in [5.41, 5.74) is 1.51.